The third kappa shape index (κ3) is 2.05. The summed E-state index contributed by atoms with van der Waals surface area (Å²) in [6.45, 7) is 1.97. The molecule has 0 aliphatic heterocycles. The Balaban J connectivity index is 2.26. The third-order valence-corrected chi connectivity index (χ3v) is 3.80. The van der Waals surface area contributed by atoms with Crippen LogP contribution in [-0.4, -0.2) is 9.38 Å². The van der Waals surface area contributed by atoms with Crippen LogP contribution in [0.25, 0.3) is 16.9 Å². The number of pyridine rings is 1. The van der Waals surface area contributed by atoms with Gasteiger partial charge in [-0.2, -0.15) is 0 Å². The number of benzene rings is 1. The molecule has 0 fully saturated rings. The van der Waals surface area contributed by atoms with Gasteiger partial charge in [0, 0.05) is 23.6 Å². The Morgan fingerprint density at radius 1 is 1.21 bits per heavy atom. The van der Waals surface area contributed by atoms with Crippen LogP contribution in [-0.2, 0) is 0 Å². The SMILES string of the molecule is Cc1cc(N)cn2cc(-c3cccc(Cl)c3Cl)nc12. The number of nitrogens with zero attached hydrogens (tertiary/aromatic N) is 2. The summed E-state index contributed by atoms with van der Waals surface area (Å²) in [5.74, 6) is 0. The fourth-order valence-corrected chi connectivity index (χ4v) is 2.52. The molecule has 3 aromatic rings. The van der Waals surface area contributed by atoms with Crippen molar-refractivity contribution < 1.29 is 0 Å². The van der Waals surface area contributed by atoms with Crippen molar-refractivity contribution in [1.29, 1.82) is 0 Å². The molecule has 3 nitrogen and oxygen atoms in total. The van der Waals surface area contributed by atoms with Crippen molar-refractivity contribution in [2.45, 2.75) is 6.92 Å². The minimum Gasteiger partial charge on any atom is -0.398 e. The first-order chi connectivity index (χ1) is 9.06. The van der Waals surface area contributed by atoms with Gasteiger partial charge in [0.1, 0.15) is 5.65 Å². The molecule has 0 amide bonds. The lowest BCUT2D eigenvalue weighted by atomic mass is 10.2. The number of nitrogen functional groups attached to an aromatic ring is 1. The number of nitrogens with two attached hydrogens (primary N) is 1. The van der Waals surface area contributed by atoms with E-state index in [1.54, 1.807) is 6.07 Å². The summed E-state index contributed by atoms with van der Waals surface area (Å²) in [4.78, 5) is 4.59. The summed E-state index contributed by atoms with van der Waals surface area (Å²) < 4.78 is 1.90. The highest BCUT2D eigenvalue weighted by Crippen LogP contribution is 2.33. The summed E-state index contributed by atoms with van der Waals surface area (Å²) in [5, 5.41) is 1.03. The summed E-state index contributed by atoms with van der Waals surface area (Å²) in [7, 11) is 0. The van der Waals surface area contributed by atoms with Gasteiger partial charge in [-0.3, -0.25) is 0 Å². The highest BCUT2D eigenvalue weighted by molar-refractivity contribution is 6.43. The molecule has 3 rings (SSSR count). The van der Waals surface area contributed by atoms with Gasteiger partial charge in [-0.25, -0.2) is 4.98 Å². The number of fused-ring (bicyclic) bond motifs is 1. The van der Waals surface area contributed by atoms with E-state index in [2.05, 4.69) is 4.98 Å². The van der Waals surface area contributed by atoms with Gasteiger partial charge >= 0.3 is 0 Å². The van der Waals surface area contributed by atoms with Crippen molar-refractivity contribution in [3.63, 3.8) is 0 Å². The number of hydrogen-bond acceptors (Lipinski definition) is 2. The first kappa shape index (κ1) is 12.3. The van der Waals surface area contributed by atoms with Crippen LogP contribution in [0.3, 0.4) is 0 Å². The summed E-state index contributed by atoms with van der Waals surface area (Å²) in [6.07, 6.45) is 3.73. The van der Waals surface area contributed by atoms with Crippen LogP contribution in [0.1, 0.15) is 5.56 Å². The number of imidazole rings is 1. The molecule has 0 bridgehead atoms. The maximum atomic E-state index is 6.22. The zero-order valence-corrected chi connectivity index (χ0v) is 11.7. The van der Waals surface area contributed by atoms with Gasteiger partial charge in [0.25, 0.3) is 0 Å². The van der Waals surface area contributed by atoms with Crippen LogP contribution in [0.5, 0.6) is 0 Å². The summed E-state index contributed by atoms with van der Waals surface area (Å²) >= 11 is 12.3. The molecule has 0 atom stereocenters. The van der Waals surface area contributed by atoms with Crippen LogP contribution < -0.4 is 5.73 Å². The molecule has 0 saturated heterocycles. The lowest BCUT2D eigenvalue weighted by molar-refractivity contribution is 1.17. The molecule has 1 aromatic carbocycles. The molecule has 0 aliphatic carbocycles. The highest BCUT2D eigenvalue weighted by atomic mass is 35.5. The number of anilines is 1. The molecule has 5 heteroatoms. The zero-order chi connectivity index (χ0) is 13.6. The Morgan fingerprint density at radius 3 is 2.79 bits per heavy atom. The molecule has 19 heavy (non-hydrogen) atoms. The zero-order valence-electron chi connectivity index (χ0n) is 10.2. The van der Waals surface area contributed by atoms with Crippen molar-refractivity contribution >= 4 is 34.5 Å². The number of aromatic nitrogens is 2. The van der Waals surface area contributed by atoms with E-state index in [4.69, 9.17) is 28.9 Å². The first-order valence-corrected chi connectivity index (χ1v) is 6.51. The van der Waals surface area contributed by atoms with E-state index in [0.29, 0.717) is 15.7 Å². The van der Waals surface area contributed by atoms with Gasteiger partial charge in [0.2, 0.25) is 0 Å². The summed E-state index contributed by atoms with van der Waals surface area (Å²) in [6, 6.07) is 7.40. The second kappa shape index (κ2) is 4.44. The van der Waals surface area contributed by atoms with E-state index in [1.165, 1.54) is 0 Å². The van der Waals surface area contributed by atoms with E-state index >= 15 is 0 Å². The Labute approximate surface area is 120 Å². The van der Waals surface area contributed by atoms with E-state index in [1.807, 2.05) is 41.9 Å². The maximum Gasteiger partial charge on any atom is 0.140 e. The van der Waals surface area contributed by atoms with Crippen LogP contribution in [0.4, 0.5) is 5.69 Å². The predicted octanol–water partition coefficient (Wildman–Crippen LogP) is 4.20. The predicted molar refractivity (Wildman–Crippen MR) is 79.8 cm³/mol. The average Bonchev–Trinajstić information content (AvgIpc) is 2.76. The lowest BCUT2D eigenvalue weighted by Gasteiger charge is -2.01. The fraction of sp³-hybridized carbons (Fsp3) is 0.0714. The Morgan fingerprint density at radius 2 is 2.00 bits per heavy atom. The molecular weight excluding hydrogens is 281 g/mol. The topological polar surface area (TPSA) is 43.3 Å². The van der Waals surface area contributed by atoms with Crippen molar-refractivity contribution in [3.05, 3.63) is 52.3 Å². The highest BCUT2D eigenvalue weighted by Gasteiger charge is 2.11. The standard InChI is InChI=1S/C14H11Cl2N3/c1-8-5-9(17)6-19-7-12(18-14(8)19)10-3-2-4-11(15)13(10)16/h2-7H,17H2,1H3. The fourth-order valence-electron chi connectivity index (χ4n) is 2.13. The Bertz CT molecular complexity index is 778. The van der Waals surface area contributed by atoms with E-state index in [-0.39, 0.29) is 0 Å². The molecule has 0 radical (unpaired) electrons. The molecule has 0 spiro atoms. The first-order valence-electron chi connectivity index (χ1n) is 5.75. The number of halogens is 2. The van der Waals surface area contributed by atoms with E-state index in [0.717, 1.165) is 22.5 Å². The van der Waals surface area contributed by atoms with Crippen molar-refractivity contribution in [2.75, 3.05) is 5.73 Å². The lowest BCUT2D eigenvalue weighted by Crippen LogP contribution is -1.92. The second-order valence-electron chi connectivity index (χ2n) is 4.41. The van der Waals surface area contributed by atoms with Gasteiger partial charge < -0.3 is 10.1 Å². The Kier molecular flexibility index (Phi) is 2.88. The molecule has 0 unspecified atom stereocenters. The third-order valence-electron chi connectivity index (χ3n) is 2.98. The van der Waals surface area contributed by atoms with Crippen LogP contribution in [0.2, 0.25) is 10.0 Å². The van der Waals surface area contributed by atoms with E-state index < -0.39 is 0 Å². The van der Waals surface area contributed by atoms with Gasteiger partial charge in [0.15, 0.2) is 0 Å². The number of aryl methyl sites for hydroxylation is 1. The Hall–Kier alpha value is -1.71. The van der Waals surface area contributed by atoms with Gasteiger partial charge in [-0.05, 0) is 24.6 Å². The largest absolute Gasteiger partial charge is 0.398 e. The monoisotopic (exact) mass is 291 g/mol. The molecular formula is C14H11Cl2N3. The molecule has 2 heterocycles. The van der Waals surface area contributed by atoms with Gasteiger partial charge in [-0.1, -0.05) is 35.3 Å². The van der Waals surface area contributed by atoms with Crippen LogP contribution in [0, 0.1) is 6.92 Å². The molecule has 0 saturated carbocycles. The summed E-state index contributed by atoms with van der Waals surface area (Å²) in [5.41, 5.74) is 10.0. The molecule has 2 aromatic heterocycles. The smallest absolute Gasteiger partial charge is 0.140 e. The normalized spacial score (nSPS) is 11.1. The van der Waals surface area contributed by atoms with E-state index in [9.17, 15) is 0 Å². The second-order valence-corrected chi connectivity index (χ2v) is 5.20. The molecule has 96 valence electrons. The van der Waals surface area contributed by atoms with Gasteiger partial charge in [0.05, 0.1) is 15.7 Å². The average molecular weight is 292 g/mol. The molecule has 2 N–H and O–H groups in total. The quantitative estimate of drug-likeness (QED) is 0.730. The number of hydrogen-bond donors (Lipinski definition) is 1. The van der Waals surface area contributed by atoms with Crippen LogP contribution in [0.15, 0.2) is 36.7 Å². The van der Waals surface area contributed by atoms with Crippen molar-refractivity contribution in [2.24, 2.45) is 0 Å². The van der Waals surface area contributed by atoms with Gasteiger partial charge in [-0.15, -0.1) is 0 Å². The van der Waals surface area contributed by atoms with Crippen molar-refractivity contribution in [1.82, 2.24) is 9.38 Å². The maximum absolute atomic E-state index is 6.22. The minimum atomic E-state index is 0.512. The van der Waals surface area contributed by atoms with Crippen LogP contribution >= 0.6 is 23.2 Å². The number of rotatable bonds is 1. The van der Waals surface area contributed by atoms with Crippen molar-refractivity contribution in [3.8, 4) is 11.3 Å². The minimum absolute atomic E-state index is 0.512. The molecule has 0 aliphatic rings.